The Kier molecular flexibility index (Phi) is 6.53. The molecule has 2 N–H and O–H groups in total. The summed E-state index contributed by atoms with van der Waals surface area (Å²) in [7, 11) is 0. The van der Waals surface area contributed by atoms with Crippen molar-refractivity contribution in [2.45, 2.75) is 26.3 Å². The number of nitrogens with zero attached hydrogens (tertiary/aromatic N) is 1. The number of carbonyl (C=O) groups is 2. The molecule has 8 heteroatoms. The minimum Gasteiger partial charge on any atom is -0.339 e. The van der Waals surface area contributed by atoms with E-state index in [1.807, 2.05) is 19.2 Å². The number of carbonyl (C=O) groups excluding carboxylic acids is 2. The Labute approximate surface area is 170 Å². The first-order chi connectivity index (χ1) is 13.4. The van der Waals surface area contributed by atoms with E-state index in [9.17, 15) is 14.0 Å². The first kappa shape index (κ1) is 20.2. The van der Waals surface area contributed by atoms with Gasteiger partial charge in [0.2, 0.25) is 5.91 Å². The van der Waals surface area contributed by atoms with Crippen molar-refractivity contribution in [3.05, 3.63) is 69.1 Å². The number of benzene rings is 1. The topological polar surface area (TPSA) is 71.1 Å². The molecule has 2 heterocycles. The summed E-state index contributed by atoms with van der Waals surface area (Å²) in [5, 5.41) is 7.87. The van der Waals surface area contributed by atoms with Gasteiger partial charge in [0.05, 0.1) is 4.88 Å². The first-order valence-corrected chi connectivity index (χ1v) is 10.5. The maximum absolute atomic E-state index is 13.0. The number of anilines is 1. The van der Waals surface area contributed by atoms with Crippen molar-refractivity contribution in [2.75, 3.05) is 5.32 Å². The highest BCUT2D eigenvalue weighted by Gasteiger charge is 2.25. The smallest absolute Gasteiger partial charge is 0.262 e. The fraction of sp³-hybridized carbons (Fsp3) is 0.250. The van der Waals surface area contributed by atoms with Crippen LogP contribution in [0, 0.1) is 11.7 Å². The van der Waals surface area contributed by atoms with Crippen molar-refractivity contribution in [1.29, 1.82) is 0 Å². The van der Waals surface area contributed by atoms with Crippen LogP contribution >= 0.6 is 22.7 Å². The second kappa shape index (κ2) is 9.07. The molecule has 0 saturated heterocycles. The maximum atomic E-state index is 13.0. The second-order valence-corrected chi connectivity index (χ2v) is 8.66. The monoisotopic (exact) mass is 417 g/mol. The van der Waals surface area contributed by atoms with E-state index in [1.54, 1.807) is 30.5 Å². The largest absolute Gasteiger partial charge is 0.339 e. The van der Waals surface area contributed by atoms with Crippen LogP contribution in [0.3, 0.4) is 0 Å². The number of hydrogen-bond acceptors (Lipinski definition) is 5. The first-order valence-electron chi connectivity index (χ1n) is 8.76. The molecule has 1 unspecified atom stereocenters. The highest BCUT2D eigenvalue weighted by Crippen LogP contribution is 2.22. The molecule has 1 aromatic carbocycles. The number of halogens is 1. The van der Waals surface area contributed by atoms with E-state index < -0.39 is 6.04 Å². The highest BCUT2D eigenvalue weighted by atomic mass is 32.1. The number of rotatable bonds is 7. The van der Waals surface area contributed by atoms with Gasteiger partial charge >= 0.3 is 0 Å². The minimum absolute atomic E-state index is 0.0810. The molecule has 28 heavy (non-hydrogen) atoms. The summed E-state index contributed by atoms with van der Waals surface area (Å²) < 4.78 is 13.0. The molecular formula is C20H20FN3O2S2. The predicted octanol–water partition coefficient (Wildman–Crippen LogP) is 4.33. The van der Waals surface area contributed by atoms with Crippen LogP contribution < -0.4 is 10.6 Å². The fourth-order valence-electron chi connectivity index (χ4n) is 2.59. The van der Waals surface area contributed by atoms with E-state index in [4.69, 9.17) is 0 Å². The Morgan fingerprint density at radius 1 is 1.18 bits per heavy atom. The maximum Gasteiger partial charge on any atom is 0.262 e. The van der Waals surface area contributed by atoms with E-state index in [0.29, 0.717) is 16.4 Å². The summed E-state index contributed by atoms with van der Waals surface area (Å²) in [5.41, 5.74) is 0.964. The molecule has 0 radical (unpaired) electrons. The van der Waals surface area contributed by atoms with Gasteiger partial charge in [0.15, 0.2) is 5.13 Å². The lowest BCUT2D eigenvalue weighted by Gasteiger charge is -2.20. The number of aromatic nitrogens is 1. The van der Waals surface area contributed by atoms with Gasteiger partial charge < -0.3 is 10.6 Å². The number of hydrogen-bond donors (Lipinski definition) is 2. The van der Waals surface area contributed by atoms with Crippen molar-refractivity contribution in [3.63, 3.8) is 0 Å². The summed E-state index contributed by atoms with van der Waals surface area (Å²) in [6.07, 6.45) is 2.30. The second-order valence-electron chi connectivity index (χ2n) is 6.60. The quantitative estimate of drug-likeness (QED) is 0.601. The van der Waals surface area contributed by atoms with Gasteiger partial charge in [-0.3, -0.25) is 9.59 Å². The predicted molar refractivity (Wildman–Crippen MR) is 110 cm³/mol. The van der Waals surface area contributed by atoms with Gasteiger partial charge in [0, 0.05) is 17.5 Å². The summed E-state index contributed by atoms with van der Waals surface area (Å²) in [5.74, 6) is -0.921. The van der Waals surface area contributed by atoms with Gasteiger partial charge in [-0.15, -0.1) is 22.7 Å². The van der Waals surface area contributed by atoms with Crippen LogP contribution in [0.1, 0.15) is 34.0 Å². The van der Waals surface area contributed by atoms with Crippen LogP contribution in [0.5, 0.6) is 0 Å². The molecule has 0 fully saturated rings. The minimum atomic E-state index is -0.668. The number of thiophene rings is 1. The lowest BCUT2D eigenvalue weighted by Crippen LogP contribution is -2.46. The van der Waals surface area contributed by atoms with Gasteiger partial charge in [-0.2, -0.15) is 0 Å². The standard InChI is InChI=1S/C20H20FN3O2S2/c1-12(2)17(23-18(25)16-4-3-9-27-16)19(26)24-20-22-11-15(28-20)10-13-5-7-14(21)8-6-13/h3-9,11-12,17H,10H2,1-2H3,(H,23,25)(H,22,24,26). The Morgan fingerprint density at radius 3 is 2.57 bits per heavy atom. The fourth-order valence-corrected chi connectivity index (χ4v) is 4.07. The average molecular weight is 418 g/mol. The zero-order valence-corrected chi connectivity index (χ0v) is 17.1. The zero-order valence-electron chi connectivity index (χ0n) is 15.4. The Hall–Kier alpha value is -2.58. The summed E-state index contributed by atoms with van der Waals surface area (Å²) in [6.45, 7) is 3.75. The van der Waals surface area contributed by atoms with Gasteiger partial charge in [-0.05, 0) is 35.1 Å². The molecule has 5 nitrogen and oxygen atoms in total. The number of nitrogens with one attached hydrogen (secondary N) is 2. The van der Waals surface area contributed by atoms with E-state index >= 15 is 0 Å². The Bertz CT molecular complexity index is 937. The van der Waals surface area contributed by atoms with Gasteiger partial charge in [0.25, 0.3) is 5.91 Å². The van der Waals surface area contributed by atoms with E-state index in [-0.39, 0.29) is 23.5 Å². The normalized spacial score (nSPS) is 12.0. The zero-order chi connectivity index (χ0) is 20.1. The van der Waals surface area contributed by atoms with Gasteiger partial charge in [-0.1, -0.05) is 32.0 Å². The SMILES string of the molecule is CC(C)C(NC(=O)c1cccs1)C(=O)Nc1ncc(Cc2ccc(F)cc2)s1. The van der Waals surface area contributed by atoms with Gasteiger partial charge in [-0.25, -0.2) is 9.37 Å². The molecule has 3 rings (SSSR count). The van der Waals surface area contributed by atoms with Crippen LogP contribution in [-0.4, -0.2) is 22.8 Å². The van der Waals surface area contributed by atoms with Crippen LogP contribution in [-0.2, 0) is 11.2 Å². The van der Waals surface area contributed by atoms with Crippen molar-refractivity contribution in [3.8, 4) is 0 Å². The molecule has 2 amide bonds. The highest BCUT2D eigenvalue weighted by molar-refractivity contribution is 7.15. The summed E-state index contributed by atoms with van der Waals surface area (Å²) in [6, 6.07) is 9.13. The molecular weight excluding hydrogens is 397 g/mol. The average Bonchev–Trinajstić information content (AvgIpc) is 3.33. The molecule has 3 aromatic rings. The third kappa shape index (κ3) is 5.24. The van der Waals surface area contributed by atoms with E-state index in [1.165, 1.54) is 34.8 Å². The lowest BCUT2D eigenvalue weighted by atomic mass is 10.0. The molecule has 0 saturated carbocycles. The lowest BCUT2D eigenvalue weighted by molar-refractivity contribution is -0.118. The van der Waals surface area contributed by atoms with Crippen LogP contribution in [0.15, 0.2) is 48.0 Å². The van der Waals surface area contributed by atoms with E-state index in [0.717, 1.165) is 10.4 Å². The number of amides is 2. The molecule has 0 bridgehead atoms. The van der Waals surface area contributed by atoms with Crippen molar-refractivity contribution in [2.24, 2.45) is 5.92 Å². The molecule has 0 aliphatic carbocycles. The Balaban J connectivity index is 1.62. The molecule has 2 aromatic heterocycles. The van der Waals surface area contributed by atoms with Crippen LogP contribution in [0.25, 0.3) is 0 Å². The van der Waals surface area contributed by atoms with E-state index in [2.05, 4.69) is 15.6 Å². The molecule has 0 spiro atoms. The molecule has 0 aliphatic rings. The van der Waals surface area contributed by atoms with Crippen LogP contribution in [0.2, 0.25) is 0 Å². The number of thiazole rings is 1. The molecule has 1 atom stereocenters. The van der Waals surface area contributed by atoms with Gasteiger partial charge in [0.1, 0.15) is 11.9 Å². The van der Waals surface area contributed by atoms with Crippen molar-refractivity contribution >= 4 is 39.6 Å². The third-order valence-corrected chi connectivity index (χ3v) is 5.84. The summed E-state index contributed by atoms with van der Waals surface area (Å²) in [4.78, 5) is 30.7. The van der Waals surface area contributed by atoms with Crippen molar-refractivity contribution < 1.29 is 14.0 Å². The third-order valence-electron chi connectivity index (χ3n) is 4.06. The van der Waals surface area contributed by atoms with Crippen molar-refractivity contribution in [1.82, 2.24) is 10.3 Å². The molecule has 146 valence electrons. The van der Waals surface area contributed by atoms with Crippen LogP contribution in [0.4, 0.5) is 9.52 Å². The Morgan fingerprint density at radius 2 is 1.93 bits per heavy atom. The summed E-state index contributed by atoms with van der Waals surface area (Å²) >= 11 is 2.69. The molecule has 0 aliphatic heterocycles.